The van der Waals surface area contributed by atoms with Gasteiger partial charge in [-0.25, -0.2) is 0 Å². The van der Waals surface area contributed by atoms with E-state index in [4.69, 9.17) is 16.9 Å². The van der Waals surface area contributed by atoms with Gasteiger partial charge in [-0.2, -0.15) is 18.4 Å². The van der Waals surface area contributed by atoms with Gasteiger partial charge >= 0.3 is 6.18 Å². The average molecular weight is 325 g/mol. The summed E-state index contributed by atoms with van der Waals surface area (Å²) >= 11 is 8.94. The van der Waals surface area contributed by atoms with Crippen molar-refractivity contribution in [1.82, 2.24) is 0 Å². The lowest BCUT2D eigenvalue weighted by atomic mass is 10.1. The molecule has 0 bridgehead atoms. The first-order valence-corrected chi connectivity index (χ1v) is 5.58. The van der Waals surface area contributed by atoms with Gasteiger partial charge in [0.2, 0.25) is 0 Å². The zero-order valence-electron chi connectivity index (χ0n) is 8.57. The highest BCUT2D eigenvalue weighted by Gasteiger charge is 2.31. The summed E-state index contributed by atoms with van der Waals surface area (Å²) in [5, 5.41) is 8.66. The van der Waals surface area contributed by atoms with Crippen LogP contribution in [0, 0.1) is 11.3 Å². The van der Waals surface area contributed by atoms with Crippen molar-refractivity contribution in [2.45, 2.75) is 13.1 Å². The second kappa shape index (κ2) is 5.11. The van der Waals surface area contributed by atoms with E-state index in [0.717, 1.165) is 12.1 Å². The maximum atomic E-state index is 12.5. The number of hydrogen-bond donors (Lipinski definition) is 0. The summed E-state index contributed by atoms with van der Waals surface area (Å²) in [5.74, 6) is 0. The van der Waals surface area contributed by atoms with E-state index in [0.29, 0.717) is 4.47 Å². The number of hydrogen-bond acceptors (Lipinski definition) is 1. The Morgan fingerprint density at radius 2 is 2.00 bits per heavy atom. The molecule has 0 saturated heterocycles. The highest BCUT2D eigenvalue weighted by atomic mass is 79.9. The van der Waals surface area contributed by atoms with Crippen molar-refractivity contribution < 1.29 is 13.2 Å². The van der Waals surface area contributed by atoms with E-state index in [1.807, 2.05) is 0 Å². The van der Waals surface area contributed by atoms with Gasteiger partial charge in [0, 0.05) is 15.6 Å². The predicted molar refractivity (Wildman–Crippen MR) is 63.2 cm³/mol. The summed E-state index contributed by atoms with van der Waals surface area (Å²) in [4.78, 5) is 0. The van der Waals surface area contributed by atoms with Gasteiger partial charge in [-0.3, -0.25) is 0 Å². The SMILES string of the molecule is C/C(C#N)=C(/Cl)c1cc(C(F)(F)F)ccc1Br. The molecule has 1 aromatic carbocycles. The molecule has 0 radical (unpaired) electrons. The summed E-state index contributed by atoms with van der Waals surface area (Å²) in [5.41, 5.74) is -0.494. The molecule has 0 amide bonds. The second-order valence-corrected chi connectivity index (χ2v) is 4.48. The van der Waals surface area contributed by atoms with Crippen LogP contribution in [0.4, 0.5) is 13.2 Å². The Morgan fingerprint density at radius 3 is 2.47 bits per heavy atom. The molecule has 0 fully saturated rings. The van der Waals surface area contributed by atoms with Crippen LogP contribution in [-0.4, -0.2) is 0 Å². The number of nitriles is 1. The third-order valence-electron chi connectivity index (χ3n) is 2.03. The maximum Gasteiger partial charge on any atom is 0.416 e. The molecule has 0 aliphatic rings. The molecule has 0 aliphatic heterocycles. The number of nitrogens with zero attached hydrogens (tertiary/aromatic N) is 1. The molecule has 0 aromatic heterocycles. The molecule has 0 atom stereocenters. The number of benzene rings is 1. The molecule has 0 saturated carbocycles. The minimum absolute atomic E-state index is 0.00507. The van der Waals surface area contributed by atoms with Crippen LogP contribution in [-0.2, 0) is 6.18 Å². The van der Waals surface area contributed by atoms with Crippen molar-refractivity contribution in [2.24, 2.45) is 0 Å². The minimum Gasteiger partial charge on any atom is -0.193 e. The normalized spacial score (nSPS) is 13.0. The highest BCUT2D eigenvalue weighted by molar-refractivity contribution is 9.10. The van der Waals surface area contributed by atoms with Crippen molar-refractivity contribution in [2.75, 3.05) is 0 Å². The molecule has 6 heteroatoms. The molecule has 1 nitrogen and oxygen atoms in total. The van der Waals surface area contributed by atoms with Crippen LogP contribution in [0.5, 0.6) is 0 Å². The Labute approximate surface area is 110 Å². The summed E-state index contributed by atoms with van der Waals surface area (Å²) < 4.78 is 37.9. The molecule has 0 unspecified atom stereocenters. The Hall–Kier alpha value is -0.990. The molecule has 17 heavy (non-hydrogen) atoms. The molecule has 0 heterocycles. The van der Waals surface area contributed by atoms with Crippen LogP contribution in [0.1, 0.15) is 18.1 Å². The van der Waals surface area contributed by atoms with Gasteiger partial charge < -0.3 is 0 Å². The second-order valence-electron chi connectivity index (χ2n) is 3.24. The van der Waals surface area contributed by atoms with Gasteiger partial charge in [-0.1, -0.05) is 27.5 Å². The lowest BCUT2D eigenvalue weighted by Crippen LogP contribution is -2.05. The van der Waals surface area contributed by atoms with Crippen LogP contribution in [0.2, 0.25) is 0 Å². The fourth-order valence-corrected chi connectivity index (χ4v) is 1.88. The number of halogens is 5. The van der Waals surface area contributed by atoms with E-state index < -0.39 is 11.7 Å². The minimum atomic E-state index is -4.44. The molecule has 0 N–H and O–H groups in total. The van der Waals surface area contributed by atoms with Gasteiger partial charge in [0.1, 0.15) is 0 Å². The van der Waals surface area contributed by atoms with Crippen LogP contribution < -0.4 is 0 Å². The van der Waals surface area contributed by atoms with E-state index in [-0.39, 0.29) is 16.2 Å². The Bertz CT molecular complexity index is 514. The topological polar surface area (TPSA) is 23.8 Å². The lowest BCUT2D eigenvalue weighted by Gasteiger charge is -2.10. The molecular weight excluding hydrogens is 318 g/mol. The fraction of sp³-hybridized carbons (Fsp3) is 0.182. The number of rotatable bonds is 1. The Balaban J connectivity index is 3.41. The van der Waals surface area contributed by atoms with Crippen LogP contribution in [0.15, 0.2) is 28.2 Å². The fourth-order valence-electron chi connectivity index (χ4n) is 1.12. The van der Waals surface area contributed by atoms with Crippen LogP contribution in [0.25, 0.3) is 5.03 Å². The van der Waals surface area contributed by atoms with Crippen molar-refractivity contribution in [1.29, 1.82) is 5.26 Å². The standard InChI is InChI=1S/C11H6BrClF3N/c1-6(5-17)10(13)8-4-7(11(14,15)16)2-3-9(8)12/h2-4H,1H3/b10-6-. The molecule has 90 valence electrons. The first-order chi connectivity index (χ1) is 7.77. The van der Waals surface area contributed by atoms with Crippen LogP contribution in [0.3, 0.4) is 0 Å². The van der Waals surface area contributed by atoms with Crippen molar-refractivity contribution in [3.63, 3.8) is 0 Å². The highest BCUT2D eigenvalue weighted by Crippen LogP contribution is 2.36. The zero-order valence-corrected chi connectivity index (χ0v) is 10.9. The zero-order chi connectivity index (χ0) is 13.2. The third-order valence-corrected chi connectivity index (χ3v) is 3.21. The molecule has 1 aromatic rings. The summed E-state index contributed by atoms with van der Waals surface area (Å²) in [6, 6.07) is 4.90. The van der Waals surface area contributed by atoms with Crippen LogP contribution >= 0.6 is 27.5 Å². The summed E-state index contributed by atoms with van der Waals surface area (Å²) in [6.45, 7) is 1.44. The average Bonchev–Trinajstić information content (AvgIpc) is 2.26. The third kappa shape index (κ3) is 3.24. The molecule has 1 rings (SSSR count). The first-order valence-electron chi connectivity index (χ1n) is 4.41. The van der Waals surface area contributed by atoms with E-state index in [2.05, 4.69) is 15.9 Å². The predicted octanol–water partition coefficient (Wildman–Crippen LogP) is 4.96. The largest absolute Gasteiger partial charge is 0.416 e. The summed E-state index contributed by atoms with van der Waals surface area (Å²) in [6.07, 6.45) is -4.44. The van der Waals surface area contributed by atoms with Gasteiger partial charge in [0.15, 0.2) is 0 Å². The quantitative estimate of drug-likeness (QED) is 0.670. The monoisotopic (exact) mass is 323 g/mol. The Kier molecular flexibility index (Phi) is 4.23. The van der Waals surface area contributed by atoms with E-state index in [1.54, 1.807) is 6.07 Å². The lowest BCUT2D eigenvalue weighted by molar-refractivity contribution is -0.137. The first kappa shape index (κ1) is 14.1. The molecule has 0 spiro atoms. The van der Waals surface area contributed by atoms with Gasteiger partial charge in [-0.15, -0.1) is 0 Å². The van der Waals surface area contributed by atoms with E-state index >= 15 is 0 Å². The smallest absolute Gasteiger partial charge is 0.193 e. The number of alkyl halides is 3. The van der Waals surface area contributed by atoms with Gasteiger partial charge in [0.25, 0.3) is 0 Å². The van der Waals surface area contributed by atoms with Crippen molar-refractivity contribution in [3.05, 3.63) is 39.4 Å². The van der Waals surface area contributed by atoms with Crippen molar-refractivity contribution >= 4 is 32.6 Å². The van der Waals surface area contributed by atoms with E-state index in [9.17, 15) is 13.2 Å². The van der Waals surface area contributed by atoms with E-state index in [1.165, 1.54) is 13.0 Å². The van der Waals surface area contributed by atoms with Crippen molar-refractivity contribution in [3.8, 4) is 6.07 Å². The van der Waals surface area contributed by atoms with Gasteiger partial charge in [-0.05, 0) is 25.1 Å². The van der Waals surface area contributed by atoms with Gasteiger partial charge in [0.05, 0.1) is 16.7 Å². The molecular formula is C11H6BrClF3N. The number of allylic oxidation sites excluding steroid dienone is 1. The Morgan fingerprint density at radius 1 is 1.41 bits per heavy atom. The molecule has 0 aliphatic carbocycles. The maximum absolute atomic E-state index is 12.5. The summed E-state index contributed by atoms with van der Waals surface area (Å²) in [7, 11) is 0.